The predicted molar refractivity (Wildman–Crippen MR) is 192 cm³/mol. The van der Waals surface area contributed by atoms with Crippen LogP contribution in [0.2, 0.25) is 0 Å². The summed E-state index contributed by atoms with van der Waals surface area (Å²) in [5, 5.41) is 17.8. The van der Waals surface area contributed by atoms with Gasteiger partial charge in [-0.25, -0.2) is 0 Å². The Hall–Kier alpha value is -4.80. The number of carbonyl (C=O) groups excluding carboxylic acids is 2. The van der Waals surface area contributed by atoms with Crippen LogP contribution < -0.4 is 16.4 Å². The van der Waals surface area contributed by atoms with Crippen LogP contribution in [0.5, 0.6) is 0 Å². The van der Waals surface area contributed by atoms with Gasteiger partial charge in [0.05, 0.1) is 22.2 Å². The number of likely N-dealkylation sites (tertiary alicyclic amines) is 1. The Morgan fingerprint density at radius 1 is 0.939 bits per heavy atom. The fraction of sp³-hybridized carbons (Fsp3) is 0.385. The van der Waals surface area contributed by atoms with E-state index in [9.17, 15) is 19.7 Å². The Kier molecular flexibility index (Phi) is 12.3. The quantitative estimate of drug-likeness (QED) is 0.0706. The van der Waals surface area contributed by atoms with Gasteiger partial charge in [-0.15, -0.1) is 0 Å². The van der Waals surface area contributed by atoms with E-state index in [-0.39, 0.29) is 11.1 Å². The summed E-state index contributed by atoms with van der Waals surface area (Å²) in [7, 11) is 0. The van der Waals surface area contributed by atoms with Crippen LogP contribution in [0.3, 0.4) is 0 Å². The van der Waals surface area contributed by atoms with Gasteiger partial charge in [0.25, 0.3) is 5.69 Å². The Morgan fingerprint density at radius 2 is 1.57 bits per heavy atom. The van der Waals surface area contributed by atoms with Crippen LogP contribution in [0.25, 0.3) is 0 Å². The Morgan fingerprint density at radius 3 is 2.12 bits per heavy atom. The fourth-order valence-corrected chi connectivity index (χ4v) is 7.52. The van der Waals surface area contributed by atoms with Crippen LogP contribution in [-0.4, -0.2) is 60.3 Å². The zero-order valence-electron chi connectivity index (χ0n) is 28.4. The van der Waals surface area contributed by atoms with Crippen molar-refractivity contribution in [3.8, 4) is 0 Å². The number of allylic oxidation sites excluding steroid dienone is 2. The molecule has 49 heavy (non-hydrogen) atoms. The van der Waals surface area contributed by atoms with E-state index in [1.54, 1.807) is 17.0 Å². The summed E-state index contributed by atoms with van der Waals surface area (Å²) in [4.78, 5) is 40.0. The van der Waals surface area contributed by atoms with Gasteiger partial charge in [-0.2, -0.15) is 0 Å². The van der Waals surface area contributed by atoms with Gasteiger partial charge in [-0.05, 0) is 88.3 Å². The van der Waals surface area contributed by atoms with E-state index < -0.39 is 10.8 Å². The SMILES string of the molecule is CC1=C(NC=O)C(c2ccc([N+](=O)[O-])cc2)C(N(C=O)CCCN2CCC(c3ccccc3)(c3ccccc3)CC2)=C(CCCCCN)N1. The third kappa shape index (κ3) is 8.26. The third-order valence-electron chi connectivity index (χ3n) is 10.1. The van der Waals surface area contributed by atoms with Crippen molar-refractivity contribution in [2.45, 2.75) is 63.2 Å². The van der Waals surface area contributed by atoms with Crippen molar-refractivity contribution in [2.24, 2.45) is 5.73 Å². The summed E-state index contributed by atoms with van der Waals surface area (Å²) in [6.07, 6.45) is 7.72. The van der Waals surface area contributed by atoms with Gasteiger partial charge in [0.2, 0.25) is 12.8 Å². The molecule has 10 nitrogen and oxygen atoms in total. The molecule has 258 valence electrons. The molecule has 2 aliphatic rings. The molecule has 4 N–H and O–H groups in total. The smallest absolute Gasteiger partial charge is 0.269 e. The number of amides is 2. The van der Waals surface area contributed by atoms with Crippen molar-refractivity contribution in [3.05, 3.63) is 135 Å². The monoisotopic (exact) mass is 664 g/mol. The molecule has 1 unspecified atom stereocenters. The molecule has 2 aliphatic heterocycles. The molecule has 3 aromatic carbocycles. The molecule has 1 fully saturated rings. The van der Waals surface area contributed by atoms with Gasteiger partial charge in [-0.3, -0.25) is 19.7 Å². The summed E-state index contributed by atoms with van der Waals surface area (Å²) in [5.74, 6) is -0.491. The molecule has 10 heteroatoms. The number of benzene rings is 3. The number of carbonyl (C=O) groups is 2. The first-order valence-corrected chi connectivity index (χ1v) is 17.3. The number of nitro groups is 1. The molecule has 1 atom stereocenters. The van der Waals surface area contributed by atoms with Gasteiger partial charge in [-0.1, -0.05) is 79.2 Å². The lowest BCUT2D eigenvalue weighted by Crippen LogP contribution is -2.44. The largest absolute Gasteiger partial charge is 0.360 e. The number of piperidine rings is 1. The molecule has 2 heterocycles. The van der Waals surface area contributed by atoms with Crippen molar-refractivity contribution in [1.29, 1.82) is 0 Å². The highest BCUT2D eigenvalue weighted by molar-refractivity contribution is 5.60. The van der Waals surface area contributed by atoms with Gasteiger partial charge < -0.3 is 26.2 Å². The predicted octanol–water partition coefficient (Wildman–Crippen LogP) is 5.92. The molecule has 0 bridgehead atoms. The van der Waals surface area contributed by atoms with E-state index in [0.717, 1.165) is 87.2 Å². The highest BCUT2D eigenvalue weighted by Crippen LogP contribution is 2.42. The lowest BCUT2D eigenvalue weighted by atomic mass is 9.68. The van der Waals surface area contributed by atoms with Crippen LogP contribution >= 0.6 is 0 Å². The summed E-state index contributed by atoms with van der Waals surface area (Å²) in [5.41, 5.74) is 12.2. The lowest BCUT2D eigenvalue weighted by molar-refractivity contribution is -0.384. The maximum Gasteiger partial charge on any atom is 0.269 e. The summed E-state index contributed by atoms with van der Waals surface area (Å²) in [6.45, 7) is 5.74. The Balaban J connectivity index is 1.36. The minimum absolute atomic E-state index is 0.0202. The van der Waals surface area contributed by atoms with Crippen LogP contribution in [0.4, 0.5) is 5.69 Å². The van der Waals surface area contributed by atoms with Crippen LogP contribution in [0, 0.1) is 10.1 Å². The molecule has 3 aromatic rings. The molecule has 1 saturated heterocycles. The third-order valence-corrected chi connectivity index (χ3v) is 10.1. The van der Waals surface area contributed by atoms with Crippen molar-refractivity contribution in [3.63, 3.8) is 0 Å². The fourth-order valence-electron chi connectivity index (χ4n) is 7.52. The van der Waals surface area contributed by atoms with Crippen molar-refractivity contribution in [2.75, 3.05) is 32.7 Å². The normalized spacial score (nSPS) is 17.7. The van der Waals surface area contributed by atoms with E-state index in [1.165, 1.54) is 23.3 Å². The summed E-state index contributed by atoms with van der Waals surface area (Å²) < 4.78 is 0. The molecule has 2 amide bonds. The van der Waals surface area contributed by atoms with Gasteiger partial charge >= 0.3 is 0 Å². The minimum atomic E-state index is -0.491. The molecular weight excluding hydrogens is 616 g/mol. The number of hydrogen-bond acceptors (Lipinski definition) is 7. The second kappa shape index (κ2) is 17.0. The van der Waals surface area contributed by atoms with E-state index >= 15 is 0 Å². The maximum atomic E-state index is 12.9. The topological polar surface area (TPSA) is 134 Å². The number of dihydropyridines is 1. The molecular formula is C39H48N6O4. The number of nitrogens with one attached hydrogen (secondary N) is 2. The average Bonchev–Trinajstić information content (AvgIpc) is 3.14. The first-order chi connectivity index (χ1) is 23.9. The van der Waals surface area contributed by atoms with Gasteiger partial charge in [0, 0.05) is 35.5 Å². The molecule has 0 spiro atoms. The van der Waals surface area contributed by atoms with Crippen molar-refractivity contribution < 1.29 is 14.5 Å². The number of nitro benzene ring substituents is 1. The van der Waals surface area contributed by atoms with E-state index in [4.69, 9.17) is 5.73 Å². The van der Waals surface area contributed by atoms with Gasteiger partial charge in [0.1, 0.15) is 0 Å². The van der Waals surface area contributed by atoms with Crippen LogP contribution in [0.1, 0.15) is 74.5 Å². The number of nitrogens with two attached hydrogens (primary N) is 1. The van der Waals surface area contributed by atoms with Crippen molar-refractivity contribution in [1.82, 2.24) is 20.4 Å². The highest BCUT2D eigenvalue weighted by atomic mass is 16.6. The Labute approximate surface area is 289 Å². The first-order valence-electron chi connectivity index (χ1n) is 17.3. The standard InChI is InChI=1S/C39H48N6O4/c1-30-37(41-28-46)36(31-17-19-34(20-18-31)45(48)49)38(35(42-30)16-9-4-10-23-40)44(29-47)25-11-24-43-26-21-39(22-27-43,32-12-5-2-6-13-32)33-14-7-3-8-15-33/h2-3,5-8,12-15,17-20,28-29,36,42H,4,9-11,16,21-27,40H2,1H3,(H,41,46). The average molecular weight is 665 g/mol. The number of nitrogens with zero attached hydrogens (tertiary/aromatic N) is 3. The second-order valence-electron chi connectivity index (χ2n) is 13.0. The number of non-ortho nitro benzene ring substituents is 1. The number of unbranched alkanes of at least 4 members (excludes halogenated alkanes) is 2. The molecule has 0 aliphatic carbocycles. The Bertz CT molecular complexity index is 1570. The van der Waals surface area contributed by atoms with Crippen LogP contribution in [-0.2, 0) is 15.0 Å². The molecule has 0 radical (unpaired) electrons. The highest BCUT2D eigenvalue weighted by Gasteiger charge is 2.38. The van der Waals surface area contributed by atoms with Crippen LogP contribution in [0.15, 0.2) is 108 Å². The summed E-state index contributed by atoms with van der Waals surface area (Å²) in [6, 6.07) is 28.0. The first kappa shape index (κ1) is 35.5. The summed E-state index contributed by atoms with van der Waals surface area (Å²) >= 11 is 0. The molecule has 5 rings (SSSR count). The van der Waals surface area contributed by atoms with Gasteiger partial charge in [0.15, 0.2) is 0 Å². The van der Waals surface area contributed by atoms with E-state index in [0.29, 0.717) is 31.6 Å². The van der Waals surface area contributed by atoms with E-state index in [1.807, 2.05) is 6.92 Å². The van der Waals surface area contributed by atoms with Crippen molar-refractivity contribution >= 4 is 18.5 Å². The zero-order valence-corrected chi connectivity index (χ0v) is 28.4. The second-order valence-corrected chi connectivity index (χ2v) is 13.0. The maximum absolute atomic E-state index is 12.9. The van der Waals surface area contributed by atoms with E-state index in [2.05, 4.69) is 76.2 Å². The minimum Gasteiger partial charge on any atom is -0.360 e. The molecule has 0 saturated carbocycles. The number of rotatable bonds is 17. The molecule has 0 aromatic heterocycles. The zero-order chi connectivity index (χ0) is 34.6. The lowest BCUT2D eigenvalue weighted by Gasteiger charge is -2.43. The number of hydrogen-bond donors (Lipinski definition) is 3.